The third-order valence-corrected chi connectivity index (χ3v) is 3.49. The molecule has 2 aromatic rings. The van der Waals surface area contributed by atoms with Crippen LogP contribution in [0.3, 0.4) is 0 Å². The molecule has 0 aliphatic carbocycles. The van der Waals surface area contributed by atoms with Crippen molar-refractivity contribution >= 4 is 10.8 Å². The number of fused-ring (bicyclic) bond motifs is 1. The Balaban J connectivity index is 1.74. The Morgan fingerprint density at radius 1 is 1.11 bits per heavy atom. The van der Waals surface area contributed by atoms with Crippen molar-refractivity contribution in [1.82, 2.24) is 0 Å². The van der Waals surface area contributed by atoms with Crippen molar-refractivity contribution in [3.63, 3.8) is 0 Å². The van der Waals surface area contributed by atoms with E-state index in [4.69, 9.17) is 9.47 Å². The first kappa shape index (κ1) is 11.5. The maximum absolute atomic E-state index is 5.93. The van der Waals surface area contributed by atoms with Gasteiger partial charge in [-0.15, -0.1) is 0 Å². The number of benzene rings is 2. The van der Waals surface area contributed by atoms with Crippen LogP contribution >= 0.6 is 0 Å². The zero-order valence-electron chi connectivity index (χ0n) is 10.6. The van der Waals surface area contributed by atoms with Crippen molar-refractivity contribution in [2.75, 3.05) is 6.61 Å². The maximum atomic E-state index is 5.93. The van der Waals surface area contributed by atoms with Gasteiger partial charge in [-0.05, 0) is 31.2 Å². The van der Waals surface area contributed by atoms with E-state index in [2.05, 4.69) is 25.1 Å². The number of ether oxygens (including phenoxy) is 2. The molecule has 1 fully saturated rings. The van der Waals surface area contributed by atoms with Crippen LogP contribution in [0.25, 0.3) is 10.8 Å². The molecule has 1 aliphatic heterocycles. The summed E-state index contributed by atoms with van der Waals surface area (Å²) >= 11 is 0. The second-order valence-corrected chi connectivity index (χ2v) is 4.93. The predicted molar refractivity (Wildman–Crippen MR) is 73.0 cm³/mol. The minimum atomic E-state index is 0.249. The molecule has 18 heavy (non-hydrogen) atoms. The average molecular weight is 242 g/mol. The van der Waals surface area contributed by atoms with E-state index in [1.54, 1.807) is 0 Å². The quantitative estimate of drug-likeness (QED) is 0.815. The smallest absolute Gasteiger partial charge is 0.127 e. The molecule has 0 bridgehead atoms. The summed E-state index contributed by atoms with van der Waals surface area (Å²) in [5.41, 5.74) is 0. The Morgan fingerprint density at radius 3 is 2.78 bits per heavy atom. The van der Waals surface area contributed by atoms with Crippen LogP contribution in [0.1, 0.15) is 19.8 Å². The van der Waals surface area contributed by atoms with Crippen molar-refractivity contribution < 1.29 is 9.47 Å². The predicted octanol–water partition coefficient (Wildman–Crippen LogP) is 3.79. The van der Waals surface area contributed by atoms with Crippen LogP contribution in [0.5, 0.6) is 5.75 Å². The Kier molecular flexibility index (Phi) is 3.20. The van der Waals surface area contributed by atoms with Gasteiger partial charge < -0.3 is 9.47 Å². The number of hydrogen-bond donors (Lipinski definition) is 0. The second kappa shape index (κ2) is 4.99. The summed E-state index contributed by atoms with van der Waals surface area (Å²) in [6.07, 6.45) is 2.88. The maximum Gasteiger partial charge on any atom is 0.127 e. The summed E-state index contributed by atoms with van der Waals surface area (Å²) in [5.74, 6) is 0.955. The standard InChI is InChI=1S/C16H18O2/c1-12-9-10-14(18-12)11-17-16-8-4-6-13-5-2-3-7-15(13)16/h2-8,12,14H,9-11H2,1H3. The first-order chi connectivity index (χ1) is 8.83. The van der Waals surface area contributed by atoms with Crippen molar-refractivity contribution in [3.8, 4) is 5.75 Å². The average Bonchev–Trinajstić information content (AvgIpc) is 2.82. The molecule has 0 radical (unpaired) electrons. The first-order valence-corrected chi connectivity index (χ1v) is 6.59. The fourth-order valence-corrected chi connectivity index (χ4v) is 2.51. The SMILES string of the molecule is CC1CCC(COc2cccc3ccccc23)O1. The molecule has 2 nitrogen and oxygen atoms in total. The zero-order chi connectivity index (χ0) is 12.4. The summed E-state index contributed by atoms with van der Waals surface area (Å²) in [7, 11) is 0. The lowest BCUT2D eigenvalue weighted by atomic mass is 10.1. The first-order valence-electron chi connectivity index (χ1n) is 6.59. The van der Waals surface area contributed by atoms with Crippen LogP contribution in [0.4, 0.5) is 0 Å². The molecule has 2 heteroatoms. The number of rotatable bonds is 3. The zero-order valence-corrected chi connectivity index (χ0v) is 10.6. The highest BCUT2D eigenvalue weighted by Crippen LogP contribution is 2.26. The second-order valence-electron chi connectivity index (χ2n) is 4.93. The monoisotopic (exact) mass is 242 g/mol. The fraction of sp³-hybridized carbons (Fsp3) is 0.375. The number of hydrogen-bond acceptors (Lipinski definition) is 2. The van der Waals surface area contributed by atoms with E-state index in [1.807, 2.05) is 24.3 Å². The lowest BCUT2D eigenvalue weighted by molar-refractivity contribution is 0.0268. The van der Waals surface area contributed by atoms with Gasteiger partial charge in [0.2, 0.25) is 0 Å². The van der Waals surface area contributed by atoms with Gasteiger partial charge in [-0.1, -0.05) is 36.4 Å². The Morgan fingerprint density at radius 2 is 1.94 bits per heavy atom. The van der Waals surface area contributed by atoms with Crippen molar-refractivity contribution in [3.05, 3.63) is 42.5 Å². The van der Waals surface area contributed by atoms with Crippen LogP contribution in [0, 0.1) is 0 Å². The van der Waals surface area contributed by atoms with E-state index in [9.17, 15) is 0 Å². The van der Waals surface area contributed by atoms with Crippen molar-refractivity contribution in [2.24, 2.45) is 0 Å². The molecule has 2 unspecified atom stereocenters. The molecule has 1 saturated heterocycles. The van der Waals surface area contributed by atoms with Gasteiger partial charge in [-0.2, -0.15) is 0 Å². The van der Waals surface area contributed by atoms with Gasteiger partial charge in [0.1, 0.15) is 12.4 Å². The molecule has 2 aromatic carbocycles. The third-order valence-electron chi connectivity index (χ3n) is 3.49. The topological polar surface area (TPSA) is 18.5 Å². The Bertz CT molecular complexity index is 530. The van der Waals surface area contributed by atoms with Crippen LogP contribution in [-0.4, -0.2) is 18.8 Å². The Labute approximate surface area is 108 Å². The Hall–Kier alpha value is -1.54. The van der Waals surface area contributed by atoms with Gasteiger partial charge in [0.05, 0.1) is 12.2 Å². The van der Waals surface area contributed by atoms with Crippen molar-refractivity contribution in [1.29, 1.82) is 0 Å². The largest absolute Gasteiger partial charge is 0.490 e. The van der Waals surface area contributed by atoms with E-state index in [1.165, 1.54) is 10.8 Å². The van der Waals surface area contributed by atoms with Crippen LogP contribution in [-0.2, 0) is 4.74 Å². The van der Waals surface area contributed by atoms with Crippen LogP contribution in [0.2, 0.25) is 0 Å². The molecule has 0 N–H and O–H groups in total. The lowest BCUT2D eigenvalue weighted by Crippen LogP contribution is -2.17. The molecular weight excluding hydrogens is 224 g/mol. The molecule has 1 aliphatic rings. The minimum Gasteiger partial charge on any atom is -0.490 e. The van der Waals surface area contributed by atoms with E-state index < -0.39 is 0 Å². The third kappa shape index (κ3) is 2.34. The normalized spacial score (nSPS) is 23.4. The molecule has 1 heterocycles. The van der Waals surface area contributed by atoms with Gasteiger partial charge in [0, 0.05) is 5.39 Å². The highest BCUT2D eigenvalue weighted by atomic mass is 16.5. The molecule has 0 amide bonds. The summed E-state index contributed by atoms with van der Waals surface area (Å²) < 4.78 is 11.7. The van der Waals surface area contributed by atoms with E-state index >= 15 is 0 Å². The lowest BCUT2D eigenvalue weighted by Gasteiger charge is -2.14. The van der Waals surface area contributed by atoms with Gasteiger partial charge in [0.15, 0.2) is 0 Å². The highest BCUT2D eigenvalue weighted by Gasteiger charge is 2.22. The molecular formula is C16H18O2. The van der Waals surface area contributed by atoms with Gasteiger partial charge in [0.25, 0.3) is 0 Å². The molecule has 3 rings (SSSR count). The van der Waals surface area contributed by atoms with E-state index in [0.717, 1.165) is 18.6 Å². The van der Waals surface area contributed by atoms with E-state index in [0.29, 0.717) is 12.7 Å². The highest BCUT2D eigenvalue weighted by molar-refractivity contribution is 5.88. The molecule has 0 spiro atoms. The fourth-order valence-electron chi connectivity index (χ4n) is 2.51. The molecule has 0 saturated carbocycles. The van der Waals surface area contributed by atoms with Gasteiger partial charge in [-0.3, -0.25) is 0 Å². The van der Waals surface area contributed by atoms with Crippen LogP contribution in [0.15, 0.2) is 42.5 Å². The summed E-state index contributed by atoms with van der Waals surface area (Å²) in [6, 6.07) is 14.5. The summed E-state index contributed by atoms with van der Waals surface area (Å²) in [5, 5.41) is 2.39. The molecule has 0 aromatic heterocycles. The van der Waals surface area contributed by atoms with Gasteiger partial charge >= 0.3 is 0 Å². The molecule has 2 atom stereocenters. The molecule has 94 valence electrons. The minimum absolute atomic E-state index is 0.249. The van der Waals surface area contributed by atoms with Crippen LogP contribution < -0.4 is 4.74 Å². The summed E-state index contributed by atoms with van der Waals surface area (Å²) in [4.78, 5) is 0. The summed E-state index contributed by atoms with van der Waals surface area (Å²) in [6.45, 7) is 2.77. The van der Waals surface area contributed by atoms with Crippen molar-refractivity contribution in [2.45, 2.75) is 32.0 Å². The van der Waals surface area contributed by atoms with Gasteiger partial charge in [-0.25, -0.2) is 0 Å². The van der Waals surface area contributed by atoms with E-state index in [-0.39, 0.29) is 6.10 Å².